The average Bonchev–Trinajstić information content (AvgIpc) is 2.65. The fraction of sp³-hybridized carbons (Fsp3) is 0.350. The van der Waals surface area contributed by atoms with Gasteiger partial charge in [0.2, 0.25) is 0 Å². The topological polar surface area (TPSA) is 32.7 Å². The van der Waals surface area contributed by atoms with Gasteiger partial charge in [-0.1, -0.05) is 12.1 Å². The number of nitrogens with one attached hydrogen (secondary N) is 2. The van der Waals surface area contributed by atoms with E-state index in [1.165, 1.54) is 43.9 Å². The van der Waals surface area contributed by atoms with E-state index in [0.717, 1.165) is 29.3 Å². The predicted molar refractivity (Wildman–Crippen MR) is 98.2 cm³/mol. The maximum atomic E-state index is 12.9. The van der Waals surface area contributed by atoms with Crippen molar-refractivity contribution in [3.05, 3.63) is 65.5 Å². The molecule has 1 aliphatic heterocycles. The van der Waals surface area contributed by atoms with Gasteiger partial charge in [-0.25, -0.2) is 4.39 Å². The highest BCUT2D eigenvalue weighted by molar-refractivity contribution is 7.99. The van der Waals surface area contributed by atoms with Gasteiger partial charge in [0.1, 0.15) is 38.5 Å². The molecular formula is C20H24FN3S+2. The zero-order valence-corrected chi connectivity index (χ0v) is 15.1. The number of rotatable bonds is 6. The van der Waals surface area contributed by atoms with Gasteiger partial charge in [0.05, 0.1) is 18.2 Å². The summed E-state index contributed by atoms with van der Waals surface area (Å²) in [7, 11) is 0. The summed E-state index contributed by atoms with van der Waals surface area (Å²) in [6.45, 7) is 6.99. The van der Waals surface area contributed by atoms with Gasteiger partial charge in [-0.05, 0) is 36.4 Å². The summed E-state index contributed by atoms with van der Waals surface area (Å²) in [4.78, 5) is 4.43. The van der Waals surface area contributed by atoms with Crippen molar-refractivity contribution in [3.8, 4) is 6.07 Å². The lowest BCUT2D eigenvalue weighted by molar-refractivity contribution is -1.02. The molecule has 0 aromatic heterocycles. The van der Waals surface area contributed by atoms with Crippen LogP contribution in [-0.4, -0.2) is 38.5 Å². The molecule has 2 N–H and O–H groups in total. The number of thioether (sulfide) groups is 1. The second-order valence-corrected chi connectivity index (χ2v) is 7.71. The van der Waals surface area contributed by atoms with Gasteiger partial charge in [0.25, 0.3) is 0 Å². The number of halogens is 1. The molecule has 1 heterocycles. The number of quaternary nitrogens is 2. The molecule has 0 bridgehead atoms. The molecule has 1 fully saturated rings. The van der Waals surface area contributed by atoms with Gasteiger partial charge in [0, 0.05) is 16.2 Å². The largest absolute Gasteiger partial charge is 0.325 e. The molecule has 2 aromatic rings. The molecule has 0 amide bonds. The second kappa shape index (κ2) is 9.00. The van der Waals surface area contributed by atoms with E-state index in [0.29, 0.717) is 0 Å². The highest BCUT2D eigenvalue weighted by Crippen LogP contribution is 2.16. The Balaban J connectivity index is 1.36. The van der Waals surface area contributed by atoms with Crippen LogP contribution >= 0.6 is 11.8 Å². The summed E-state index contributed by atoms with van der Waals surface area (Å²) < 4.78 is 12.9. The number of benzene rings is 2. The van der Waals surface area contributed by atoms with E-state index in [2.05, 4.69) is 18.2 Å². The fourth-order valence-corrected chi connectivity index (χ4v) is 4.17. The molecule has 25 heavy (non-hydrogen) atoms. The zero-order valence-electron chi connectivity index (χ0n) is 14.3. The van der Waals surface area contributed by atoms with Crippen molar-refractivity contribution in [2.24, 2.45) is 0 Å². The highest BCUT2D eigenvalue weighted by Gasteiger charge is 2.22. The Labute approximate surface area is 153 Å². The average molecular weight is 357 g/mol. The van der Waals surface area contributed by atoms with Gasteiger partial charge in [0.15, 0.2) is 0 Å². The Bertz CT molecular complexity index is 701. The second-order valence-electron chi connectivity index (χ2n) is 6.54. The van der Waals surface area contributed by atoms with Crippen molar-refractivity contribution in [2.45, 2.75) is 11.4 Å². The van der Waals surface area contributed by atoms with E-state index < -0.39 is 0 Å². The first-order chi connectivity index (χ1) is 12.2. The van der Waals surface area contributed by atoms with Crippen molar-refractivity contribution < 1.29 is 14.2 Å². The third kappa shape index (κ3) is 5.57. The minimum Gasteiger partial charge on any atom is -0.325 e. The predicted octanol–water partition coefficient (Wildman–Crippen LogP) is 0.773. The lowest BCUT2D eigenvalue weighted by Crippen LogP contribution is -3.27. The highest BCUT2D eigenvalue weighted by atomic mass is 32.2. The number of hydrogen-bond donors (Lipinski definition) is 2. The van der Waals surface area contributed by atoms with Crippen LogP contribution in [0.3, 0.4) is 0 Å². The zero-order chi connectivity index (χ0) is 17.5. The summed E-state index contributed by atoms with van der Waals surface area (Å²) >= 11 is 1.81. The molecule has 0 saturated carbocycles. The third-order valence-corrected chi connectivity index (χ3v) is 5.75. The van der Waals surface area contributed by atoms with Crippen molar-refractivity contribution in [2.75, 3.05) is 38.5 Å². The Hall–Kier alpha value is -1.87. The Kier molecular flexibility index (Phi) is 6.46. The van der Waals surface area contributed by atoms with Gasteiger partial charge >= 0.3 is 0 Å². The van der Waals surface area contributed by atoms with Crippen molar-refractivity contribution in [1.29, 1.82) is 5.26 Å². The van der Waals surface area contributed by atoms with Crippen LogP contribution in [0.4, 0.5) is 4.39 Å². The van der Waals surface area contributed by atoms with Crippen LogP contribution in [0.15, 0.2) is 53.4 Å². The van der Waals surface area contributed by atoms with E-state index in [-0.39, 0.29) is 5.82 Å². The van der Waals surface area contributed by atoms with Crippen LogP contribution in [-0.2, 0) is 6.54 Å². The van der Waals surface area contributed by atoms with Crippen LogP contribution in [0, 0.1) is 17.1 Å². The van der Waals surface area contributed by atoms with E-state index >= 15 is 0 Å². The quantitative estimate of drug-likeness (QED) is 0.749. The standard InChI is InChI=1S/C20H22FN3S/c21-19-5-7-20(8-6-19)25-14-13-23-9-11-24(12-10-23)16-18-3-1-17(15-22)2-4-18/h1-8H,9-14,16H2/p+2. The molecule has 0 unspecified atom stereocenters. The monoisotopic (exact) mass is 357 g/mol. The van der Waals surface area contributed by atoms with Gasteiger partial charge in [-0.15, -0.1) is 11.8 Å². The first-order valence-corrected chi connectivity index (χ1v) is 9.76. The summed E-state index contributed by atoms with van der Waals surface area (Å²) in [6.07, 6.45) is 0. The molecule has 3 nitrogen and oxygen atoms in total. The Morgan fingerprint density at radius 3 is 2.20 bits per heavy atom. The number of piperazine rings is 1. The lowest BCUT2D eigenvalue weighted by Gasteiger charge is -2.29. The van der Waals surface area contributed by atoms with Crippen molar-refractivity contribution in [3.63, 3.8) is 0 Å². The van der Waals surface area contributed by atoms with E-state index in [1.807, 2.05) is 36.0 Å². The Morgan fingerprint density at radius 1 is 0.920 bits per heavy atom. The summed E-state index contributed by atoms with van der Waals surface area (Å²) in [5.41, 5.74) is 2.04. The Morgan fingerprint density at radius 2 is 1.56 bits per heavy atom. The SMILES string of the molecule is N#Cc1ccc(C[NH+]2CC[NH+](CCSc3ccc(F)cc3)CC2)cc1. The van der Waals surface area contributed by atoms with Gasteiger partial charge in [-0.2, -0.15) is 5.26 Å². The molecule has 1 aliphatic rings. The summed E-state index contributed by atoms with van der Waals surface area (Å²) in [6, 6.07) is 16.9. The molecule has 0 atom stereocenters. The fourth-order valence-electron chi connectivity index (χ4n) is 3.21. The molecule has 2 aromatic carbocycles. The maximum absolute atomic E-state index is 12.9. The molecule has 3 rings (SSSR count). The van der Waals surface area contributed by atoms with Crippen LogP contribution in [0.1, 0.15) is 11.1 Å². The van der Waals surface area contributed by atoms with E-state index in [1.54, 1.807) is 9.80 Å². The van der Waals surface area contributed by atoms with Crippen LogP contribution in [0.25, 0.3) is 0 Å². The molecule has 1 saturated heterocycles. The number of nitriles is 1. The molecule has 5 heteroatoms. The van der Waals surface area contributed by atoms with E-state index in [9.17, 15) is 4.39 Å². The summed E-state index contributed by atoms with van der Waals surface area (Å²) in [5.74, 6) is 0.905. The van der Waals surface area contributed by atoms with Crippen LogP contribution in [0.2, 0.25) is 0 Å². The maximum Gasteiger partial charge on any atom is 0.127 e. The molecule has 0 spiro atoms. The van der Waals surface area contributed by atoms with Crippen molar-refractivity contribution >= 4 is 11.8 Å². The number of hydrogen-bond acceptors (Lipinski definition) is 2. The molecule has 0 aliphatic carbocycles. The van der Waals surface area contributed by atoms with E-state index in [4.69, 9.17) is 5.26 Å². The van der Waals surface area contributed by atoms with Crippen LogP contribution < -0.4 is 9.80 Å². The normalized spacial score (nSPS) is 20.2. The van der Waals surface area contributed by atoms with Gasteiger partial charge in [-0.3, -0.25) is 0 Å². The minimum absolute atomic E-state index is 0.170. The first-order valence-electron chi connectivity index (χ1n) is 8.77. The van der Waals surface area contributed by atoms with Gasteiger partial charge < -0.3 is 9.80 Å². The molecular weight excluding hydrogens is 333 g/mol. The minimum atomic E-state index is -0.170. The molecule has 0 radical (unpaired) electrons. The summed E-state index contributed by atoms with van der Waals surface area (Å²) in [5, 5.41) is 8.86. The third-order valence-electron chi connectivity index (χ3n) is 4.74. The molecule has 130 valence electrons. The van der Waals surface area contributed by atoms with Crippen LogP contribution in [0.5, 0.6) is 0 Å². The number of nitrogens with zero attached hydrogens (tertiary/aromatic N) is 1. The lowest BCUT2D eigenvalue weighted by atomic mass is 10.1. The first kappa shape index (κ1) is 17.9. The smallest absolute Gasteiger partial charge is 0.127 e. The van der Waals surface area contributed by atoms with Crippen molar-refractivity contribution in [1.82, 2.24) is 0 Å².